The van der Waals surface area contributed by atoms with Crippen molar-refractivity contribution in [3.8, 4) is 0 Å². The van der Waals surface area contributed by atoms with Crippen LogP contribution in [0.15, 0.2) is 24.3 Å². The van der Waals surface area contributed by atoms with Gasteiger partial charge in [-0.25, -0.2) is 0 Å². The van der Waals surface area contributed by atoms with Gasteiger partial charge in [-0.15, -0.1) is 0 Å². The number of anilines is 1. The van der Waals surface area contributed by atoms with Crippen molar-refractivity contribution in [3.05, 3.63) is 29.8 Å². The minimum atomic E-state index is 0.397. The van der Waals surface area contributed by atoms with Gasteiger partial charge in [0.05, 0.1) is 0 Å². The zero-order valence-corrected chi connectivity index (χ0v) is 11.0. The zero-order valence-electron chi connectivity index (χ0n) is 10.2. The van der Waals surface area contributed by atoms with Crippen molar-refractivity contribution >= 4 is 17.4 Å². The number of nitrogens with two attached hydrogens (primary N) is 1. The summed E-state index contributed by atoms with van der Waals surface area (Å²) < 4.78 is 0. The van der Waals surface area contributed by atoms with E-state index >= 15 is 0 Å². The molecule has 0 spiro atoms. The Bertz CT molecular complexity index is 302. The normalized spacial score (nSPS) is 12.4. The molecule has 0 aliphatic rings. The van der Waals surface area contributed by atoms with E-state index in [0.717, 1.165) is 6.42 Å². The molecule has 0 fully saturated rings. The minimum absolute atomic E-state index is 0.397. The molecule has 0 amide bonds. The number of rotatable bonds is 7. The van der Waals surface area contributed by atoms with Gasteiger partial charge < -0.3 is 11.1 Å². The smallest absolute Gasteiger partial charge is 0.0384 e. The summed E-state index contributed by atoms with van der Waals surface area (Å²) in [7, 11) is 0. The Labute approximate surface area is 103 Å². The van der Waals surface area contributed by atoms with Crippen molar-refractivity contribution < 1.29 is 0 Å². The van der Waals surface area contributed by atoms with Crippen molar-refractivity contribution in [2.24, 2.45) is 5.73 Å². The van der Waals surface area contributed by atoms with E-state index in [1.165, 1.54) is 23.4 Å². The second-order valence-electron chi connectivity index (χ2n) is 4.03. The Balaban J connectivity index is 2.46. The number of thioether (sulfide) groups is 1. The average molecular weight is 238 g/mol. The van der Waals surface area contributed by atoms with Crippen molar-refractivity contribution in [1.82, 2.24) is 0 Å². The zero-order chi connectivity index (χ0) is 11.8. The van der Waals surface area contributed by atoms with Crippen molar-refractivity contribution in [1.29, 1.82) is 0 Å². The molecule has 0 aliphatic carbocycles. The fourth-order valence-electron chi connectivity index (χ4n) is 1.68. The second kappa shape index (κ2) is 7.58. The van der Waals surface area contributed by atoms with Gasteiger partial charge in [0.15, 0.2) is 0 Å². The highest BCUT2D eigenvalue weighted by molar-refractivity contribution is 7.98. The fourth-order valence-corrected chi connectivity index (χ4v) is 2.13. The van der Waals surface area contributed by atoms with Crippen LogP contribution in [0.2, 0.25) is 0 Å². The molecular formula is C13H22N2S. The number of benzene rings is 1. The van der Waals surface area contributed by atoms with Crippen LogP contribution < -0.4 is 11.1 Å². The Morgan fingerprint density at radius 1 is 1.38 bits per heavy atom. The lowest BCUT2D eigenvalue weighted by atomic mass is 10.1. The number of aryl methyl sites for hydroxylation is 1. The first-order valence-electron chi connectivity index (χ1n) is 5.79. The maximum atomic E-state index is 5.78. The SMILES string of the molecule is CSCCCC(CN)Nc1ccccc1C. The third kappa shape index (κ3) is 4.45. The Kier molecular flexibility index (Phi) is 6.34. The number of hydrogen-bond donors (Lipinski definition) is 2. The topological polar surface area (TPSA) is 38.0 Å². The van der Waals surface area contributed by atoms with Crippen LogP contribution in [-0.2, 0) is 0 Å². The molecule has 0 aliphatic heterocycles. The first kappa shape index (κ1) is 13.4. The van der Waals surface area contributed by atoms with Crippen LogP contribution in [0.1, 0.15) is 18.4 Å². The summed E-state index contributed by atoms with van der Waals surface area (Å²) in [6.45, 7) is 2.82. The van der Waals surface area contributed by atoms with Gasteiger partial charge in [0.1, 0.15) is 0 Å². The van der Waals surface area contributed by atoms with E-state index in [9.17, 15) is 0 Å². The molecule has 0 radical (unpaired) electrons. The molecule has 0 aromatic heterocycles. The van der Waals surface area contributed by atoms with E-state index < -0.39 is 0 Å². The highest BCUT2D eigenvalue weighted by Crippen LogP contribution is 2.16. The van der Waals surface area contributed by atoms with E-state index in [-0.39, 0.29) is 0 Å². The molecule has 0 saturated heterocycles. The molecule has 2 nitrogen and oxygen atoms in total. The highest BCUT2D eigenvalue weighted by Gasteiger charge is 2.06. The van der Waals surface area contributed by atoms with Crippen molar-refractivity contribution in [3.63, 3.8) is 0 Å². The van der Waals surface area contributed by atoms with Crippen LogP contribution in [-0.4, -0.2) is 24.6 Å². The van der Waals surface area contributed by atoms with Crippen molar-refractivity contribution in [2.45, 2.75) is 25.8 Å². The largest absolute Gasteiger partial charge is 0.381 e. The van der Waals surface area contributed by atoms with E-state index in [4.69, 9.17) is 5.73 Å². The predicted octanol–water partition coefficient (Wildman–Crippen LogP) is 2.88. The van der Waals surface area contributed by atoms with Gasteiger partial charge in [0, 0.05) is 18.3 Å². The molecule has 1 aromatic carbocycles. The molecule has 0 saturated carbocycles. The van der Waals surface area contributed by atoms with Gasteiger partial charge >= 0.3 is 0 Å². The lowest BCUT2D eigenvalue weighted by Crippen LogP contribution is -2.29. The summed E-state index contributed by atoms with van der Waals surface area (Å²) in [6, 6.07) is 8.76. The predicted molar refractivity (Wildman–Crippen MR) is 75.3 cm³/mol. The first-order valence-corrected chi connectivity index (χ1v) is 7.18. The molecule has 0 bridgehead atoms. The van der Waals surface area contributed by atoms with Crippen molar-refractivity contribution in [2.75, 3.05) is 23.9 Å². The van der Waals surface area contributed by atoms with E-state index in [2.05, 4.69) is 42.8 Å². The van der Waals surface area contributed by atoms with Crippen LogP contribution in [0.25, 0.3) is 0 Å². The van der Waals surface area contributed by atoms with Gasteiger partial charge in [-0.2, -0.15) is 11.8 Å². The third-order valence-electron chi connectivity index (χ3n) is 2.69. The lowest BCUT2D eigenvalue weighted by molar-refractivity contribution is 0.651. The van der Waals surface area contributed by atoms with Crippen LogP contribution in [0.5, 0.6) is 0 Å². The van der Waals surface area contributed by atoms with E-state index in [1.807, 2.05) is 11.8 Å². The number of para-hydroxylation sites is 1. The Morgan fingerprint density at radius 3 is 2.75 bits per heavy atom. The Morgan fingerprint density at radius 2 is 2.12 bits per heavy atom. The van der Waals surface area contributed by atoms with Gasteiger partial charge in [0.25, 0.3) is 0 Å². The summed E-state index contributed by atoms with van der Waals surface area (Å²) in [6.07, 6.45) is 4.51. The summed E-state index contributed by atoms with van der Waals surface area (Å²) in [4.78, 5) is 0. The maximum absolute atomic E-state index is 5.78. The molecular weight excluding hydrogens is 216 g/mol. The third-order valence-corrected chi connectivity index (χ3v) is 3.39. The summed E-state index contributed by atoms with van der Waals surface area (Å²) >= 11 is 1.89. The molecule has 16 heavy (non-hydrogen) atoms. The average Bonchev–Trinajstić information content (AvgIpc) is 2.30. The molecule has 1 unspecified atom stereocenters. The molecule has 1 aromatic rings. The summed E-state index contributed by atoms with van der Waals surface area (Å²) in [5, 5.41) is 3.52. The Hall–Kier alpha value is -0.670. The van der Waals surface area contributed by atoms with Gasteiger partial charge in [0.2, 0.25) is 0 Å². The van der Waals surface area contributed by atoms with Gasteiger partial charge in [-0.05, 0) is 43.4 Å². The van der Waals surface area contributed by atoms with Crippen LogP contribution in [0, 0.1) is 6.92 Å². The number of nitrogens with one attached hydrogen (secondary N) is 1. The lowest BCUT2D eigenvalue weighted by Gasteiger charge is -2.19. The molecule has 3 heteroatoms. The summed E-state index contributed by atoms with van der Waals surface area (Å²) in [5.74, 6) is 1.21. The van der Waals surface area contributed by atoms with Crippen LogP contribution in [0.4, 0.5) is 5.69 Å². The monoisotopic (exact) mass is 238 g/mol. The summed E-state index contributed by atoms with van der Waals surface area (Å²) in [5.41, 5.74) is 8.28. The molecule has 90 valence electrons. The van der Waals surface area contributed by atoms with E-state index in [1.54, 1.807) is 0 Å². The standard InChI is InChI=1S/C13H22N2S/c1-11-6-3-4-8-13(11)15-12(10-14)7-5-9-16-2/h3-4,6,8,12,15H,5,7,9-10,14H2,1-2H3. The highest BCUT2D eigenvalue weighted by atomic mass is 32.2. The van der Waals surface area contributed by atoms with Gasteiger partial charge in [-0.1, -0.05) is 18.2 Å². The molecule has 3 N–H and O–H groups in total. The second-order valence-corrected chi connectivity index (χ2v) is 5.01. The molecule has 1 atom stereocenters. The van der Waals surface area contributed by atoms with Gasteiger partial charge in [-0.3, -0.25) is 0 Å². The van der Waals surface area contributed by atoms with Crippen LogP contribution in [0.3, 0.4) is 0 Å². The maximum Gasteiger partial charge on any atom is 0.0384 e. The van der Waals surface area contributed by atoms with Crippen LogP contribution >= 0.6 is 11.8 Å². The number of hydrogen-bond acceptors (Lipinski definition) is 3. The fraction of sp³-hybridized carbons (Fsp3) is 0.538. The molecule has 1 rings (SSSR count). The quantitative estimate of drug-likeness (QED) is 0.717. The molecule has 0 heterocycles. The minimum Gasteiger partial charge on any atom is -0.381 e. The van der Waals surface area contributed by atoms with E-state index in [0.29, 0.717) is 12.6 Å². The first-order chi connectivity index (χ1) is 7.77.